The van der Waals surface area contributed by atoms with Crippen molar-refractivity contribution < 1.29 is 21.6 Å². The van der Waals surface area contributed by atoms with Crippen LogP contribution in [0.1, 0.15) is 35.2 Å². The van der Waals surface area contributed by atoms with Gasteiger partial charge in [-0.15, -0.1) is 0 Å². The molecule has 0 saturated carbocycles. The maximum absolute atomic E-state index is 13.1. The molecule has 0 atom stereocenters. The molecule has 0 aliphatic carbocycles. The monoisotopic (exact) mass is 448 g/mol. The summed E-state index contributed by atoms with van der Waals surface area (Å²) in [6, 6.07) is 11.0. The highest BCUT2D eigenvalue weighted by Gasteiger charge is 2.31. The smallest absolute Gasteiger partial charge is 0.259 e. The first-order valence-electron chi connectivity index (χ1n) is 9.93. The maximum atomic E-state index is 13.1. The first kappa shape index (κ1) is 21.0. The molecule has 0 radical (unpaired) electrons. The van der Waals surface area contributed by atoms with Crippen molar-refractivity contribution in [1.29, 1.82) is 0 Å². The van der Waals surface area contributed by atoms with Crippen LogP contribution in [0.3, 0.4) is 0 Å². The zero-order chi connectivity index (χ0) is 21.5. The molecule has 2 aromatic carbocycles. The molecule has 0 unspecified atom stereocenters. The summed E-state index contributed by atoms with van der Waals surface area (Å²) in [6.07, 6.45) is 4.38. The highest BCUT2D eigenvalue weighted by atomic mass is 32.2. The van der Waals surface area contributed by atoms with Gasteiger partial charge in [-0.25, -0.2) is 16.8 Å². The Morgan fingerprint density at radius 3 is 2.30 bits per heavy atom. The molecule has 2 aromatic rings. The van der Waals surface area contributed by atoms with Gasteiger partial charge in [0, 0.05) is 31.6 Å². The second-order valence-corrected chi connectivity index (χ2v) is 11.7. The number of carbonyl (C=O) groups excluding carboxylic acids is 1. The third-order valence-corrected chi connectivity index (χ3v) is 8.71. The first-order valence-corrected chi connectivity index (χ1v) is 13.3. The summed E-state index contributed by atoms with van der Waals surface area (Å²) >= 11 is 0. The van der Waals surface area contributed by atoms with Gasteiger partial charge in [-0.05, 0) is 55.2 Å². The Morgan fingerprint density at radius 2 is 1.60 bits per heavy atom. The van der Waals surface area contributed by atoms with Gasteiger partial charge in [-0.1, -0.05) is 18.6 Å². The lowest BCUT2D eigenvalue weighted by Crippen LogP contribution is -2.35. The van der Waals surface area contributed by atoms with Crippen LogP contribution < -0.4 is 4.90 Å². The second-order valence-electron chi connectivity index (χ2n) is 7.73. The number of sulfone groups is 1. The van der Waals surface area contributed by atoms with Crippen LogP contribution in [-0.4, -0.2) is 52.9 Å². The van der Waals surface area contributed by atoms with Gasteiger partial charge in [0.25, 0.3) is 5.91 Å². The fraction of sp³-hybridized carbons (Fsp3) is 0.381. The Kier molecular flexibility index (Phi) is 5.46. The van der Waals surface area contributed by atoms with Gasteiger partial charge in [0.2, 0.25) is 10.0 Å². The summed E-state index contributed by atoms with van der Waals surface area (Å²) < 4.78 is 51.6. The SMILES string of the molecule is CS(=O)(=O)c1ccccc1C(=O)N1CCc2cc(S(=O)(=O)N3CCCCC3)ccc21. The van der Waals surface area contributed by atoms with Crippen LogP contribution in [0, 0.1) is 0 Å². The van der Waals surface area contributed by atoms with Crippen LogP contribution in [0.15, 0.2) is 52.3 Å². The van der Waals surface area contributed by atoms with Crippen LogP contribution >= 0.6 is 0 Å². The zero-order valence-electron chi connectivity index (χ0n) is 16.7. The number of anilines is 1. The molecule has 0 aromatic heterocycles. The van der Waals surface area contributed by atoms with Crippen molar-refractivity contribution in [3.05, 3.63) is 53.6 Å². The molecule has 1 amide bonds. The van der Waals surface area contributed by atoms with Gasteiger partial charge >= 0.3 is 0 Å². The van der Waals surface area contributed by atoms with Crippen LogP contribution in [-0.2, 0) is 26.3 Å². The van der Waals surface area contributed by atoms with E-state index in [0.717, 1.165) is 31.1 Å². The van der Waals surface area contributed by atoms with Crippen LogP contribution in [0.4, 0.5) is 5.69 Å². The van der Waals surface area contributed by atoms with E-state index in [2.05, 4.69) is 0 Å². The highest BCUT2D eigenvalue weighted by molar-refractivity contribution is 7.90. The average Bonchev–Trinajstić information content (AvgIpc) is 3.16. The van der Waals surface area contributed by atoms with Crippen molar-refractivity contribution in [3.63, 3.8) is 0 Å². The molecule has 1 saturated heterocycles. The van der Waals surface area contributed by atoms with E-state index in [-0.39, 0.29) is 15.4 Å². The predicted molar refractivity (Wildman–Crippen MR) is 114 cm³/mol. The van der Waals surface area contributed by atoms with Gasteiger partial charge in [0.15, 0.2) is 9.84 Å². The molecular weight excluding hydrogens is 424 g/mol. The fourth-order valence-electron chi connectivity index (χ4n) is 4.12. The molecule has 4 rings (SSSR count). The minimum absolute atomic E-state index is 0.00672. The summed E-state index contributed by atoms with van der Waals surface area (Å²) in [5, 5.41) is 0. The van der Waals surface area contributed by atoms with Crippen molar-refractivity contribution in [2.45, 2.75) is 35.5 Å². The zero-order valence-corrected chi connectivity index (χ0v) is 18.4. The number of carbonyl (C=O) groups is 1. The summed E-state index contributed by atoms with van der Waals surface area (Å²) in [5.41, 5.74) is 1.53. The van der Waals surface area contributed by atoms with Crippen molar-refractivity contribution in [2.24, 2.45) is 0 Å². The second kappa shape index (κ2) is 7.79. The van der Waals surface area contributed by atoms with E-state index in [1.165, 1.54) is 27.4 Å². The quantitative estimate of drug-likeness (QED) is 0.717. The van der Waals surface area contributed by atoms with Gasteiger partial charge in [-0.3, -0.25) is 4.79 Å². The summed E-state index contributed by atoms with van der Waals surface area (Å²) in [5.74, 6) is -0.401. The van der Waals surface area contributed by atoms with Gasteiger partial charge < -0.3 is 4.90 Å². The number of amides is 1. The van der Waals surface area contributed by atoms with E-state index in [4.69, 9.17) is 0 Å². The van der Waals surface area contributed by atoms with Crippen molar-refractivity contribution in [2.75, 3.05) is 30.8 Å². The standard InChI is InChI=1S/C21H24N2O5S2/c1-29(25,26)20-8-4-3-7-18(20)21(24)23-14-11-16-15-17(9-10-19(16)23)30(27,28)22-12-5-2-6-13-22/h3-4,7-10,15H,2,5-6,11-14H2,1H3. The topological polar surface area (TPSA) is 91.8 Å². The predicted octanol–water partition coefficient (Wildman–Crippen LogP) is 2.47. The molecule has 30 heavy (non-hydrogen) atoms. The Labute approximate surface area is 177 Å². The number of nitrogens with zero attached hydrogens (tertiary/aromatic N) is 2. The molecule has 0 bridgehead atoms. The number of sulfonamides is 1. The Morgan fingerprint density at radius 1 is 0.900 bits per heavy atom. The van der Waals surface area contributed by atoms with E-state index in [1.54, 1.807) is 24.3 Å². The number of piperidine rings is 1. The minimum Gasteiger partial charge on any atom is -0.308 e. The molecule has 160 valence electrons. The number of rotatable bonds is 4. The minimum atomic E-state index is -3.56. The largest absolute Gasteiger partial charge is 0.308 e. The lowest BCUT2D eigenvalue weighted by atomic mass is 10.1. The first-order chi connectivity index (χ1) is 14.2. The Balaban J connectivity index is 1.66. The van der Waals surface area contributed by atoms with E-state index in [0.29, 0.717) is 31.7 Å². The molecule has 2 aliphatic heterocycles. The third-order valence-electron chi connectivity index (χ3n) is 5.66. The molecule has 9 heteroatoms. The normalized spacial score (nSPS) is 17.7. The lowest BCUT2D eigenvalue weighted by molar-refractivity contribution is 0.0986. The van der Waals surface area contributed by atoms with E-state index < -0.39 is 25.8 Å². The van der Waals surface area contributed by atoms with Crippen LogP contribution in [0.25, 0.3) is 0 Å². The molecule has 2 heterocycles. The van der Waals surface area contributed by atoms with Crippen molar-refractivity contribution in [3.8, 4) is 0 Å². The third kappa shape index (κ3) is 3.77. The van der Waals surface area contributed by atoms with E-state index in [1.807, 2.05) is 0 Å². The number of fused-ring (bicyclic) bond motifs is 1. The van der Waals surface area contributed by atoms with Crippen LogP contribution in [0.2, 0.25) is 0 Å². The summed E-state index contributed by atoms with van der Waals surface area (Å²) in [4.78, 5) is 14.9. The van der Waals surface area contributed by atoms with Gasteiger partial charge in [0.05, 0.1) is 15.4 Å². The maximum Gasteiger partial charge on any atom is 0.259 e. The van der Waals surface area contributed by atoms with Gasteiger partial charge in [0.1, 0.15) is 0 Å². The number of benzene rings is 2. The highest BCUT2D eigenvalue weighted by Crippen LogP contribution is 2.33. The summed E-state index contributed by atoms with van der Waals surface area (Å²) in [6.45, 7) is 1.44. The van der Waals surface area contributed by atoms with Crippen molar-refractivity contribution in [1.82, 2.24) is 4.31 Å². The van der Waals surface area contributed by atoms with Crippen LogP contribution in [0.5, 0.6) is 0 Å². The Hall–Kier alpha value is -2.23. The molecule has 1 fully saturated rings. The molecule has 7 nitrogen and oxygen atoms in total. The average molecular weight is 449 g/mol. The molecule has 0 N–H and O–H groups in total. The molecule has 0 spiro atoms. The summed E-state index contributed by atoms with van der Waals surface area (Å²) in [7, 11) is -7.11. The van der Waals surface area contributed by atoms with E-state index >= 15 is 0 Å². The molecule has 2 aliphatic rings. The number of hydrogen-bond acceptors (Lipinski definition) is 5. The Bertz CT molecular complexity index is 1200. The van der Waals surface area contributed by atoms with E-state index in [9.17, 15) is 21.6 Å². The number of hydrogen-bond donors (Lipinski definition) is 0. The lowest BCUT2D eigenvalue weighted by Gasteiger charge is -2.26. The fourth-order valence-corrected chi connectivity index (χ4v) is 6.56. The van der Waals surface area contributed by atoms with Crippen molar-refractivity contribution >= 4 is 31.5 Å². The van der Waals surface area contributed by atoms with Gasteiger partial charge in [-0.2, -0.15) is 4.31 Å². The molecular formula is C21H24N2O5S2.